The van der Waals surface area contributed by atoms with E-state index in [0.717, 1.165) is 23.8 Å². The molecule has 0 spiro atoms. The van der Waals surface area contributed by atoms with Gasteiger partial charge in [0.2, 0.25) is 5.91 Å². The van der Waals surface area contributed by atoms with E-state index >= 15 is 0 Å². The van der Waals surface area contributed by atoms with E-state index in [9.17, 15) is 26.4 Å². The van der Waals surface area contributed by atoms with Crippen molar-refractivity contribution in [3.05, 3.63) is 65.2 Å². The van der Waals surface area contributed by atoms with Gasteiger partial charge in [0, 0.05) is 5.69 Å². The second-order valence-corrected chi connectivity index (χ2v) is 7.66. The van der Waals surface area contributed by atoms with E-state index in [1.165, 1.54) is 6.07 Å². The van der Waals surface area contributed by atoms with Crippen LogP contribution in [0.1, 0.15) is 16.7 Å². The first kappa shape index (κ1) is 19.0. The number of carbonyl (C=O) groups excluding carboxylic acids is 1. The maximum absolute atomic E-state index is 12.7. The summed E-state index contributed by atoms with van der Waals surface area (Å²) in [6, 6.07) is 10.9. The Morgan fingerprint density at radius 1 is 1.08 bits per heavy atom. The fraction of sp³-hybridized carbons (Fsp3) is 0.235. The fourth-order valence-corrected chi connectivity index (χ4v) is 3.50. The predicted molar refractivity (Wildman–Crippen MR) is 88.7 cm³/mol. The number of sulfone groups is 1. The van der Waals surface area contributed by atoms with E-state index in [-0.39, 0.29) is 5.56 Å². The molecule has 0 unspecified atom stereocenters. The van der Waals surface area contributed by atoms with Crippen LogP contribution in [0, 0.1) is 6.92 Å². The number of hydrogen-bond donors (Lipinski definition) is 1. The molecule has 0 saturated carbocycles. The lowest BCUT2D eigenvalue weighted by Gasteiger charge is -2.10. The van der Waals surface area contributed by atoms with Gasteiger partial charge >= 0.3 is 6.18 Å². The number of benzene rings is 2. The normalized spacial score (nSPS) is 12.0. The van der Waals surface area contributed by atoms with Gasteiger partial charge in [0.15, 0.2) is 9.84 Å². The number of carbonyl (C=O) groups is 1. The quantitative estimate of drug-likeness (QED) is 0.874. The molecule has 0 aliphatic heterocycles. The lowest BCUT2D eigenvalue weighted by molar-refractivity contribution is -0.137. The van der Waals surface area contributed by atoms with Crippen molar-refractivity contribution in [3.63, 3.8) is 0 Å². The molecule has 134 valence electrons. The van der Waals surface area contributed by atoms with Crippen molar-refractivity contribution in [3.8, 4) is 0 Å². The Morgan fingerprint density at radius 3 is 2.40 bits per heavy atom. The van der Waals surface area contributed by atoms with Crippen LogP contribution in [0.2, 0.25) is 0 Å². The van der Waals surface area contributed by atoms with Crippen LogP contribution >= 0.6 is 0 Å². The van der Waals surface area contributed by atoms with E-state index in [0.29, 0.717) is 5.69 Å². The second-order valence-electron chi connectivity index (χ2n) is 5.59. The molecular formula is C17H16F3NO3S. The molecule has 0 heterocycles. The first-order valence-electron chi connectivity index (χ1n) is 7.29. The highest BCUT2D eigenvalue weighted by Gasteiger charge is 2.30. The van der Waals surface area contributed by atoms with Crippen molar-refractivity contribution in [1.82, 2.24) is 0 Å². The number of halogens is 3. The Morgan fingerprint density at radius 2 is 1.76 bits per heavy atom. The van der Waals surface area contributed by atoms with Crippen LogP contribution in [0.15, 0.2) is 48.5 Å². The van der Waals surface area contributed by atoms with Crippen LogP contribution in [0.3, 0.4) is 0 Å². The number of alkyl halides is 3. The standard InChI is InChI=1S/C17H16F3NO3S/c1-12-5-2-3-8-15(12)21-16(22)11-25(23,24)10-13-6-4-7-14(9-13)17(18,19)20/h2-9H,10-11H2,1H3,(H,21,22). The number of para-hydroxylation sites is 1. The minimum atomic E-state index is -4.55. The van der Waals surface area contributed by atoms with Gasteiger partial charge in [-0.25, -0.2) is 8.42 Å². The molecule has 0 saturated heterocycles. The van der Waals surface area contributed by atoms with Crippen LogP contribution in [-0.4, -0.2) is 20.1 Å². The summed E-state index contributed by atoms with van der Waals surface area (Å²) in [7, 11) is -3.91. The van der Waals surface area contributed by atoms with Gasteiger partial charge in [-0.3, -0.25) is 4.79 Å². The van der Waals surface area contributed by atoms with Gasteiger partial charge in [0.05, 0.1) is 11.3 Å². The van der Waals surface area contributed by atoms with Crippen LogP contribution in [-0.2, 0) is 26.6 Å². The summed E-state index contributed by atoms with van der Waals surface area (Å²) in [5.41, 5.74) is 0.316. The molecule has 0 aliphatic rings. The van der Waals surface area contributed by atoms with E-state index in [1.807, 2.05) is 0 Å². The number of amides is 1. The third-order valence-corrected chi connectivity index (χ3v) is 4.89. The monoisotopic (exact) mass is 371 g/mol. The highest BCUT2D eigenvalue weighted by Crippen LogP contribution is 2.29. The van der Waals surface area contributed by atoms with Crippen molar-refractivity contribution in [2.45, 2.75) is 18.9 Å². The molecule has 2 aromatic rings. The minimum absolute atomic E-state index is 0.0153. The molecule has 1 amide bonds. The SMILES string of the molecule is Cc1ccccc1NC(=O)CS(=O)(=O)Cc1cccc(C(F)(F)F)c1. The van der Waals surface area contributed by atoms with Crippen molar-refractivity contribution < 1.29 is 26.4 Å². The summed E-state index contributed by atoms with van der Waals surface area (Å²) in [6.45, 7) is 1.76. The second kappa shape index (κ2) is 7.26. The molecule has 0 fully saturated rings. The molecule has 0 aromatic heterocycles. The summed E-state index contributed by atoms with van der Waals surface area (Å²) >= 11 is 0. The van der Waals surface area contributed by atoms with Gasteiger partial charge in [0.1, 0.15) is 5.75 Å². The van der Waals surface area contributed by atoms with E-state index < -0.39 is 39.0 Å². The summed E-state index contributed by atoms with van der Waals surface area (Å²) in [5, 5.41) is 2.49. The maximum Gasteiger partial charge on any atom is 0.416 e. The lowest BCUT2D eigenvalue weighted by Crippen LogP contribution is -2.24. The van der Waals surface area contributed by atoms with Crippen LogP contribution in [0.5, 0.6) is 0 Å². The van der Waals surface area contributed by atoms with Gasteiger partial charge in [0.25, 0.3) is 0 Å². The molecule has 4 nitrogen and oxygen atoms in total. The third kappa shape index (κ3) is 5.60. The molecule has 0 radical (unpaired) electrons. The van der Waals surface area contributed by atoms with Gasteiger partial charge in [-0.1, -0.05) is 36.4 Å². The maximum atomic E-state index is 12.7. The topological polar surface area (TPSA) is 63.2 Å². The van der Waals surface area contributed by atoms with Crippen LogP contribution in [0.25, 0.3) is 0 Å². The van der Waals surface area contributed by atoms with Crippen molar-refractivity contribution in [2.75, 3.05) is 11.1 Å². The zero-order valence-electron chi connectivity index (χ0n) is 13.3. The number of anilines is 1. The molecular weight excluding hydrogens is 355 g/mol. The number of rotatable bonds is 5. The molecule has 0 atom stereocenters. The van der Waals surface area contributed by atoms with Crippen LogP contribution in [0.4, 0.5) is 18.9 Å². The zero-order valence-corrected chi connectivity index (χ0v) is 14.1. The average molecular weight is 371 g/mol. The molecule has 8 heteroatoms. The highest BCUT2D eigenvalue weighted by molar-refractivity contribution is 7.91. The molecule has 0 bridgehead atoms. The zero-order chi connectivity index (χ0) is 18.7. The Labute approximate surface area is 143 Å². The predicted octanol–water partition coefficient (Wildman–Crippen LogP) is 3.57. The van der Waals surface area contributed by atoms with E-state index in [4.69, 9.17) is 0 Å². The minimum Gasteiger partial charge on any atom is -0.325 e. The Balaban J connectivity index is 2.07. The summed E-state index contributed by atoms with van der Waals surface area (Å²) in [4.78, 5) is 11.9. The van der Waals surface area contributed by atoms with E-state index in [2.05, 4.69) is 5.32 Å². The summed E-state index contributed by atoms with van der Waals surface area (Å²) in [5.74, 6) is -2.18. The Bertz CT molecular complexity index is 877. The number of aryl methyl sites for hydroxylation is 1. The third-order valence-electron chi connectivity index (χ3n) is 3.41. The smallest absolute Gasteiger partial charge is 0.325 e. The Hall–Kier alpha value is -2.35. The van der Waals surface area contributed by atoms with E-state index in [1.54, 1.807) is 31.2 Å². The lowest BCUT2D eigenvalue weighted by atomic mass is 10.1. The van der Waals surface area contributed by atoms with Gasteiger partial charge < -0.3 is 5.32 Å². The molecule has 2 aromatic carbocycles. The average Bonchev–Trinajstić information content (AvgIpc) is 2.48. The van der Waals surface area contributed by atoms with Gasteiger partial charge in [-0.15, -0.1) is 0 Å². The van der Waals surface area contributed by atoms with Crippen molar-refractivity contribution >= 4 is 21.4 Å². The van der Waals surface area contributed by atoms with Crippen molar-refractivity contribution in [2.24, 2.45) is 0 Å². The molecule has 1 N–H and O–H groups in total. The summed E-state index contributed by atoms with van der Waals surface area (Å²) in [6.07, 6.45) is -4.55. The van der Waals surface area contributed by atoms with Gasteiger partial charge in [-0.05, 0) is 30.2 Å². The number of nitrogens with one attached hydrogen (secondary N) is 1. The van der Waals surface area contributed by atoms with Gasteiger partial charge in [-0.2, -0.15) is 13.2 Å². The largest absolute Gasteiger partial charge is 0.416 e. The first-order valence-corrected chi connectivity index (χ1v) is 9.11. The summed E-state index contributed by atoms with van der Waals surface area (Å²) < 4.78 is 62.2. The highest BCUT2D eigenvalue weighted by atomic mass is 32.2. The molecule has 0 aliphatic carbocycles. The van der Waals surface area contributed by atoms with Crippen molar-refractivity contribution in [1.29, 1.82) is 0 Å². The molecule has 25 heavy (non-hydrogen) atoms. The first-order chi connectivity index (χ1) is 11.6. The fourth-order valence-electron chi connectivity index (χ4n) is 2.24. The Kier molecular flexibility index (Phi) is 5.52. The molecule has 2 rings (SSSR count). The van der Waals surface area contributed by atoms with Crippen LogP contribution < -0.4 is 5.32 Å². The number of hydrogen-bond acceptors (Lipinski definition) is 3.